The predicted octanol–water partition coefficient (Wildman–Crippen LogP) is 3.19. The molecule has 0 bridgehead atoms. The van der Waals surface area contributed by atoms with E-state index in [9.17, 15) is 14.3 Å². The van der Waals surface area contributed by atoms with Crippen LogP contribution in [0.2, 0.25) is 0 Å². The van der Waals surface area contributed by atoms with E-state index in [1.807, 2.05) is 11.3 Å². The number of benzene rings is 1. The number of rotatable bonds is 3. The summed E-state index contributed by atoms with van der Waals surface area (Å²) < 4.78 is 15.2. The van der Waals surface area contributed by atoms with Crippen molar-refractivity contribution in [2.75, 3.05) is 5.73 Å². The Morgan fingerprint density at radius 1 is 1.07 bits per heavy atom. The summed E-state index contributed by atoms with van der Waals surface area (Å²) in [6.07, 6.45) is 3.54. The molecule has 0 saturated heterocycles. The summed E-state index contributed by atoms with van der Waals surface area (Å²) in [5, 5.41) is 9.37. The molecule has 0 aliphatic rings. The van der Waals surface area contributed by atoms with Gasteiger partial charge in [0.05, 0.1) is 11.4 Å². The number of hydrogen-bond acceptors (Lipinski definition) is 5. The largest absolute Gasteiger partial charge is 0.476 e. The Morgan fingerprint density at radius 3 is 2.44 bits per heavy atom. The van der Waals surface area contributed by atoms with E-state index in [0.29, 0.717) is 22.5 Å². The summed E-state index contributed by atoms with van der Waals surface area (Å²) in [4.78, 5) is 24.2. The number of nitrogen functional groups attached to an aromatic ring is 1. The van der Waals surface area contributed by atoms with E-state index in [1.54, 1.807) is 36.7 Å². The second-order valence-corrected chi connectivity index (χ2v) is 6.01. The summed E-state index contributed by atoms with van der Waals surface area (Å²) in [7, 11) is 0. The molecular formula is C19H14FN5O2. The molecule has 0 aliphatic carbocycles. The summed E-state index contributed by atoms with van der Waals surface area (Å²) in [5.74, 6) is -1.86. The van der Waals surface area contributed by atoms with Crippen molar-refractivity contribution in [2.45, 2.75) is 6.92 Å². The minimum atomic E-state index is -1.27. The molecule has 0 saturated carbocycles. The third-order valence-electron chi connectivity index (χ3n) is 4.21. The van der Waals surface area contributed by atoms with E-state index in [0.717, 1.165) is 11.3 Å². The number of halogens is 1. The highest BCUT2D eigenvalue weighted by molar-refractivity contribution is 5.93. The average molecular weight is 363 g/mol. The van der Waals surface area contributed by atoms with Crippen molar-refractivity contribution in [3.05, 3.63) is 66.0 Å². The summed E-state index contributed by atoms with van der Waals surface area (Å²) in [6, 6.07) is 9.26. The molecule has 0 radical (unpaired) electrons. The van der Waals surface area contributed by atoms with Crippen LogP contribution in [0.5, 0.6) is 0 Å². The van der Waals surface area contributed by atoms with Crippen molar-refractivity contribution in [3.63, 3.8) is 0 Å². The van der Waals surface area contributed by atoms with Crippen LogP contribution in [0.25, 0.3) is 28.2 Å². The highest BCUT2D eigenvalue weighted by Gasteiger charge is 2.20. The highest BCUT2D eigenvalue weighted by atomic mass is 19.1. The van der Waals surface area contributed by atoms with Crippen molar-refractivity contribution < 1.29 is 14.3 Å². The first kappa shape index (κ1) is 16.6. The molecule has 0 unspecified atom stereocenters. The number of aromatic nitrogens is 4. The molecule has 4 rings (SSSR count). The molecule has 8 heteroatoms. The fourth-order valence-electron chi connectivity index (χ4n) is 2.86. The molecule has 1 aromatic carbocycles. The quantitative estimate of drug-likeness (QED) is 0.579. The minimum absolute atomic E-state index is 0.203. The van der Waals surface area contributed by atoms with Crippen LogP contribution in [-0.2, 0) is 0 Å². The molecule has 3 heterocycles. The SMILES string of the molecule is Cc1cnc2ccc(-c3nc(C(=O)O)c(N)nc3-c3ccc(F)cc3)cn12. The van der Waals surface area contributed by atoms with Crippen LogP contribution in [0.15, 0.2) is 48.8 Å². The number of aryl methyl sites for hydroxylation is 1. The Labute approximate surface area is 153 Å². The van der Waals surface area contributed by atoms with Crippen LogP contribution in [0.3, 0.4) is 0 Å². The molecule has 0 fully saturated rings. The molecule has 27 heavy (non-hydrogen) atoms. The first-order valence-electron chi connectivity index (χ1n) is 8.05. The topological polar surface area (TPSA) is 106 Å². The first-order valence-corrected chi connectivity index (χ1v) is 8.05. The van der Waals surface area contributed by atoms with Gasteiger partial charge in [-0.1, -0.05) is 0 Å². The minimum Gasteiger partial charge on any atom is -0.476 e. The number of pyridine rings is 1. The van der Waals surface area contributed by atoms with Gasteiger partial charge in [-0.15, -0.1) is 0 Å². The highest BCUT2D eigenvalue weighted by Crippen LogP contribution is 2.31. The predicted molar refractivity (Wildman–Crippen MR) is 97.7 cm³/mol. The van der Waals surface area contributed by atoms with Crippen LogP contribution < -0.4 is 5.73 Å². The van der Waals surface area contributed by atoms with Gasteiger partial charge in [0.1, 0.15) is 11.5 Å². The normalized spacial score (nSPS) is 11.0. The number of nitrogens with two attached hydrogens (primary N) is 1. The summed E-state index contributed by atoms with van der Waals surface area (Å²) in [5.41, 5.74) is 9.04. The molecule has 0 spiro atoms. The molecule has 134 valence electrons. The standard InChI is InChI=1S/C19H14FN5O2/c1-10-8-22-14-7-4-12(9-25(10)14)16-15(11-2-5-13(20)6-3-11)24-18(21)17(23-16)19(26)27/h2-9H,1H3,(H2,21,24)(H,26,27). The van der Waals surface area contributed by atoms with Crippen LogP contribution in [-0.4, -0.2) is 30.4 Å². The first-order chi connectivity index (χ1) is 12.9. The number of fused-ring (bicyclic) bond motifs is 1. The molecule has 7 nitrogen and oxygen atoms in total. The second kappa shape index (κ2) is 6.17. The molecule has 3 N–H and O–H groups in total. The van der Waals surface area contributed by atoms with Gasteiger partial charge < -0.3 is 15.2 Å². The maximum absolute atomic E-state index is 13.3. The van der Waals surface area contributed by atoms with Crippen molar-refractivity contribution >= 4 is 17.4 Å². The third kappa shape index (κ3) is 2.86. The van der Waals surface area contributed by atoms with Gasteiger partial charge in [0, 0.05) is 29.2 Å². The van der Waals surface area contributed by atoms with E-state index >= 15 is 0 Å². The maximum atomic E-state index is 13.3. The van der Waals surface area contributed by atoms with Crippen molar-refractivity contribution in [2.24, 2.45) is 0 Å². The van der Waals surface area contributed by atoms with Crippen molar-refractivity contribution in [1.29, 1.82) is 0 Å². The van der Waals surface area contributed by atoms with E-state index in [-0.39, 0.29) is 17.3 Å². The van der Waals surface area contributed by atoms with E-state index in [1.165, 1.54) is 12.1 Å². The zero-order valence-corrected chi connectivity index (χ0v) is 14.2. The number of carbonyl (C=O) groups is 1. The smallest absolute Gasteiger partial charge is 0.358 e. The van der Waals surface area contributed by atoms with Gasteiger partial charge in [0.2, 0.25) is 0 Å². The molecule has 4 aromatic rings. The van der Waals surface area contributed by atoms with Crippen LogP contribution in [0.1, 0.15) is 16.2 Å². The summed E-state index contributed by atoms with van der Waals surface area (Å²) in [6.45, 7) is 1.90. The van der Waals surface area contributed by atoms with Crippen molar-refractivity contribution in [1.82, 2.24) is 19.4 Å². The Hall–Kier alpha value is -3.81. The Morgan fingerprint density at radius 2 is 1.74 bits per heavy atom. The lowest BCUT2D eigenvalue weighted by molar-refractivity contribution is 0.0691. The Bertz CT molecular complexity index is 1180. The second-order valence-electron chi connectivity index (χ2n) is 6.01. The van der Waals surface area contributed by atoms with Gasteiger partial charge in [0.15, 0.2) is 11.5 Å². The van der Waals surface area contributed by atoms with Crippen LogP contribution >= 0.6 is 0 Å². The number of anilines is 1. The number of aromatic carboxylic acids is 1. The zero-order valence-electron chi connectivity index (χ0n) is 14.2. The fraction of sp³-hybridized carbons (Fsp3) is 0.0526. The molecule has 0 aliphatic heterocycles. The summed E-state index contributed by atoms with van der Waals surface area (Å²) >= 11 is 0. The van der Waals surface area contributed by atoms with Gasteiger partial charge in [-0.3, -0.25) is 0 Å². The van der Waals surface area contributed by atoms with Gasteiger partial charge in [0.25, 0.3) is 0 Å². The third-order valence-corrected chi connectivity index (χ3v) is 4.21. The number of nitrogens with zero attached hydrogens (tertiary/aromatic N) is 4. The van der Waals surface area contributed by atoms with Gasteiger partial charge in [-0.2, -0.15) is 0 Å². The van der Waals surface area contributed by atoms with Gasteiger partial charge >= 0.3 is 5.97 Å². The monoisotopic (exact) mass is 363 g/mol. The van der Waals surface area contributed by atoms with Gasteiger partial charge in [-0.05, 0) is 43.3 Å². The lowest BCUT2D eigenvalue weighted by Gasteiger charge is -2.12. The van der Waals surface area contributed by atoms with E-state index in [2.05, 4.69) is 15.0 Å². The number of hydrogen-bond donors (Lipinski definition) is 2. The molecule has 3 aromatic heterocycles. The Kier molecular flexibility index (Phi) is 3.80. The molecule has 0 atom stereocenters. The lowest BCUT2D eigenvalue weighted by atomic mass is 10.0. The van der Waals surface area contributed by atoms with Crippen molar-refractivity contribution in [3.8, 4) is 22.5 Å². The van der Waals surface area contributed by atoms with E-state index < -0.39 is 5.97 Å². The number of carboxylic acid groups (broad SMARTS) is 1. The zero-order chi connectivity index (χ0) is 19.1. The number of imidazole rings is 1. The molecular weight excluding hydrogens is 349 g/mol. The van der Waals surface area contributed by atoms with Gasteiger partial charge in [-0.25, -0.2) is 24.1 Å². The fourth-order valence-corrected chi connectivity index (χ4v) is 2.86. The van der Waals surface area contributed by atoms with E-state index in [4.69, 9.17) is 5.73 Å². The maximum Gasteiger partial charge on any atom is 0.358 e. The van der Waals surface area contributed by atoms with Crippen LogP contribution in [0.4, 0.5) is 10.2 Å². The molecule has 0 amide bonds. The average Bonchev–Trinajstić information content (AvgIpc) is 3.02. The number of carboxylic acids is 1. The van der Waals surface area contributed by atoms with Crippen LogP contribution in [0, 0.1) is 12.7 Å². The Balaban J connectivity index is 2.00. The lowest BCUT2D eigenvalue weighted by Crippen LogP contribution is -2.10.